The SMILES string of the molecule is COC(=O)C(O)c1cccc(-n2ccnc2C)c1. The highest BCUT2D eigenvalue weighted by Gasteiger charge is 2.18. The Labute approximate surface area is 105 Å². The molecule has 0 amide bonds. The fourth-order valence-corrected chi connectivity index (χ4v) is 1.74. The van der Waals surface area contributed by atoms with Crippen LogP contribution < -0.4 is 0 Å². The second-order valence-corrected chi connectivity index (χ2v) is 3.87. The van der Waals surface area contributed by atoms with E-state index in [0.717, 1.165) is 11.5 Å². The van der Waals surface area contributed by atoms with E-state index in [2.05, 4.69) is 9.72 Å². The van der Waals surface area contributed by atoms with Crippen LogP contribution in [0, 0.1) is 6.92 Å². The number of imidazole rings is 1. The summed E-state index contributed by atoms with van der Waals surface area (Å²) in [5.74, 6) is 0.161. The van der Waals surface area contributed by atoms with Gasteiger partial charge in [-0.05, 0) is 24.6 Å². The Morgan fingerprint density at radius 1 is 1.50 bits per heavy atom. The Morgan fingerprint density at radius 2 is 2.28 bits per heavy atom. The normalized spacial score (nSPS) is 12.2. The molecule has 0 spiro atoms. The van der Waals surface area contributed by atoms with Crippen molar-refractivity contribution in [2.45, 2.75) is 13.0 Å². The number of methoxy groups -OCH3 is 1. The van der Waals surface area contributed by atoms with Gasteiger partial charge < -0.3 is 14.4 Å². The summed E-state index contributed by atoms with van der Waals surface area (Å²) in [7, 11) is 1.25. The second-order valence-electron chi connectivity index (χ2n) is 3.87. The molecule has 0 saturated carbocycles. The van der Waals surface area contributed by atoms with Crippen molar-refractivity contribution in [1.82, 2.24) is 9.55 Å². The number of ether oxygens (including phenoxy) is 1. The standard InChI is InChI=1S/C13H14N2O3/c1-9-14-6-7-15(9)11-5-3-4-10(8-11)12(16)13(17)18-2/h3-8,12,16H,1-2H3. The molecule has 1 aromatic heterocycles. The molecule has 1 aromatic carbocycles. The van der Waals surface area contributed by atoms with Crippen molar-refractivity contribution in [2.24, 2.45) is 0 Å². The molecule has 1 atom stereocenters. The molecule has 5 heteroatoms. The molecule has 0 radical (unpaired) electrons. The molecule has 2 aromatic rings. The molecule has 0 saturated heterocycles. The summed E-state index contributed by atoms with van der Waals surface area (Å²) in [6.45, 7) is 1.88. The van der Waals surface area contributed by atoms with E-state index in [0.29, 0.717) is 5.56 Å². The van der Waals surface area contributed by atoms with E-state index in [1.165, 1.54) is 7.11 Å². The van der Waals surface area contributed by atoms with Gasteiger partial charge in [0.2, 0.25) is 0 Å². The molecule has 0 aliphatic carbocycles. The van der Waals surface area contributed by atoms with Gasteiger partial charge in [0.1, 0.15) is 5.82 Å². The summed E-state index contributed by atoms with van der Waals surface area (Å²) >= 11 is 0. The lowest BCUT2D eigenvalue weighted by atomic mass is 10.1. The number of aliphatic hydroxyl groups is 1. The number of rotatable bonds is 3. The van der Waals surface area contributed by atoms with E-state index < -0.39 is 12.1 Å². The smallest absolute Gasteiger partial charge is 0.339 e. The molecule has 5 nitrogen and oxygen atoms in total. The third-order valence-corrected chi connectivity index (χ3v) is 2.71. The minimum Gasteiger partial charge on any atom is -0.467 e. The van der Waals surface area contributed by atoms with Gasteiger partial charge >= 0.3 is 5.97 Å². The summed E-state index contributed by atoms with van der Waals surface area (Å²) in [5.41, 5.74) is 1.33. The number of benzene rings is 1. The van der Waals surface area contributed by atoms with Crippen LogP contribution in [0.4, 0.5) is 0 Å². The van der Waals surface area contributed by atoms with Crippen molar-refractivity contribution < 1.29 is 14.6 Å². The highest BCUT2D eigenvalue weighted by atomic mass is 16.5. The predicted molar refractivity (Wildman–Crippen MR) is 65.3 cm³/mol. The van der Waals surface area contributed by atoms with Crippen LogP contribution >= 0.6 is 0 Å². The zero-order valence-corrected chi connectivity index (χ0v) is 10.2. The zero-order valence-electron chi connectivity index (χ0n) is 10.2. The topological polar surface area (TPSA) is 64.3 Å². The third-order valence-electron chi connectivity index (χ3n) is 2.71. The average molecular weight is 246 g/mol. The summed E-state index contributed by atoms with van der Waals surface area (Å²) < 4.78 is 6.38. The van der Waals surface area contributed by atoms with Gasteiger partial charge in [-0.25, -0.2) is 9.78 Å². The lowest BCUT2D eigenvalue weighted by Crippen LogP contribution is -2.13. The van der Waals surface area contributed by atoms with Gasteiger partial charge in [0, 0.05) is 18.1 Å². The number of esters is 1. The average Bonchev–Trinajstić information content (AvgIpc) is 2.83. The summed E-state index contributed by atoms with van der Waals surface area (Å²) in [6.07, 6.45) is 2.25. The maximum atomic E-state index is 11.3. The van der Waals surface area contributed by atoms with Crippen molar-refractivity contribution in [1.29, 1.82) is 0 Å². The van der Waals surface area contributed by atoms with Crippen molar-refractivity contribution in [3.05, 3.63) is 48.0 Å². The fraction of sp³-hybridized carbons (Fsp3) is 0.231. The Bertz CT molecular complexity index is 563. The highest BCUT2D eigenvalue weighted by Crippen LogP contribution is 2.19. The number of aryl methyl sites for hydroxylation is 1. The largest absolute Gasteiger partial charge is 0.467 e. The molecular formula is C13H14N2O3. The summed E-state index contributed by atoms with van der Waals surface area (Å²) in [5, 5.41) is 9.78. The van der Waals surface area contributed by atoms with Crippen LogP contribution in [0.3, 0.4) is 0 Å². The van der Waals surface area contributed by atoms with Gasteiger partial charge in [-0.15, -0.1) is 0 Å². The molecule has 1 heterocycles. The molecule has 0 aliphatic heterocycles. The lowest BCUT2D eigenvalue weighted by Gasteiger charge is -2.11. The Morgan fingerprint density at radius 3 is 2.89 bits per heavy atom. The Hall–Kier alpha value is -2.14. The van der Waals surface area contributed by atoms with E-state index in [-0.39, 0.29) is 0 Å². The zero-order chi connectivity index (χ0) is 13.1. The quantitative estimate of drug-likeness (QED) is 0.831. The highest BCUT2D eigenvalue weighted by molar-refractivity contribution is 5.76. The van der Waals surface area contributed by atoms with Gasteiger partial charge in [-0.3, -0.25) is 0 Å². The number of hydrogen-bond donors (Lipinski definition) is 1. The summed E-state index contributed by atoms with van der Waals surface area (Å²) in [4.78, 5) is 15.4. The van der Waals surface area contributed by atoms with E-state index in [1.54, 1.807) is 24.4 Å². The van der Waals surface area contributed by atoms with E-state index in [1.807, 2.05) is 23.8 Å². The first-order valence-corrected chi connectivity index (χ1v) is 5.49. The number of carbonyl (C=O) groups is 1. The number of aliphatic hydroxyl groups excluding tert-OH is 1. The van der Waals surface area contributed by atoms with E-state index in [4.69, 9.17) is 0 Å². The van der Waals surface area contributed by atoms with Crippen molar-refractivity contribution in [2.75, 3.05) is 7.11 Å². The first-order valence-electron chi connectivity index (χ1n) is 5.49. The molecule has 1 N–H and O–H groups in total. The maximum absolute atomic E-state index is 11.3. The van der Waals surface area contributed by atoms with Gasteiger partial charge in [0.25, 0.3) is 0 Å². The van der Waals surface area contributed by atoms with E-state index >= 15 is 0 Å². The minimum absolute atomic E-state index is 0.493. The number of hydrogen-bond acceptors (Lipinski definition) is 4. The van der Waals surface area contributed by atoms with Crippen LogP contribution in [0.25, 0.3) is 5.69 Å². The van der Waals surface area contributed by atoms with Gasteiger partial charge in [-0.2, -0.15) is 0 Å². The molecule has 2 rings (SSSR count). The van der Waals surface area contributed by atoms with Gasteiger partial charge in [-0.1, -0.05) is 12.1 Å². The molecular weight excluding hydrogens is 232 g/mol. The number of aromatic nitrogens is 2. The second kappa shape index (κ2) is 5.01. The Balaban J connectivity index is 2.37. The molecule has 1 unspecified atom stereocenters. The molecule has 18 heavy (non-hydrogen) atoms. The number of carbonyl (C=O) groups excluding carboxylic acids is 1. The van der Waals surface area contributed by atoms with Crippen LogP contribution in [0.5, 0.6) is 0 Å². The molecule has 0 aliphatic rings. The third kappa shape index (κ3) is 2.26. The monoisotopic (exact) mass is 246 g/mol. The maximum Gasteiger partial charge on any atom is 0.339 e. The predicted octanol–water partition coefficient (Wildman–Crippen LogP) is 1.39. The molecule has 94 valence electrons. The first kappa shape index (κ1) is 12.3. The first-order chi connectivity index (χ1) is 8.63. The van der Waals surface area contributed by atoms with Crippen LogP contribution in [-0.2, 0) is 9.53 Å². The minimum atomic E-state index is -1.27. The molecule has 0 fully saturated rings. The number of nitrogens with zero attached hydrogens (tertiary/aromatic N) is 2. The Kier molecular flexibility index (Phi) is 3.43. The van der Waals surface area contributed by atoms with Crippen LogP contribution in [0.2, 0.25) is 0 Å². The van der Waals surface area contributed by atoms with Crippen molar-refractivity contribution in [3.63, 3.8) is 0 Å². The van der Waals surface area contributed by atoms with E-state index in [9.17, 15) is 9.90 Å². The van der Waals surface area contributed by atoms with Crippen molar-refractivity contribution >= 4 is 5.97 Å². The fourth-order valence-electron chi connectivity index (χ4n) is 1.74. The molecule has 0 bridgehead atoms. The van der Waals surface area contributed by atoms with Gasteiger partial charge in [0.15, 0.2) is 6.10 Å². The van der Waals surface area contributed by atoms with Crippen LogP contribution in [0.1, 0.15) is 17.5 Å². The van der Waals surface area contributed by atoms with Crippen LogP contribution in [0.15, 0.2) is 36.7 Å². The van der Waals surface area contributed by atoms with Gasteiger partial charge in [0.05, 0.1) is 7.11 Å². The lowest BCUT2D eigenvalue weighted by molar-refractivity contribution is -0.150. The van der Waals surface area contributed by atoms with Crippen LogP contribution in [-0.4, -0.2) is 27.7 Å². The summed E-state index contributed by atoms with van der Waals surface area (Å²) in [6, 6.07) is 7.06. The van der Waals surface area contributed by atoms with Crippen molar-refractivity contribution in [3.8, 4) is 5.69 Å².